The van der Waals surface area contributed by atoms with Gasteiger partial charge in [0.25, 0.3) is 5.91 Å². The number of nitrogens with one attached hydrogen (secondary N) is 2. The molecule has 0 radical (unpaired) electrons. The quantitative estimate of drug-likeness (QED) is 0.491. The minimum atomic E-state index is -0.633. The first kappa shape index (κ1) is 23.0. The zero-order valence-corrected chi connectivity index (χ0v) is 18.2. The Morgan fingerprint density at radius 1 is 0.844 bits per heavy atom. The van der Waals surface area contributed by atoms with Crippen LogP contribution in [-0.4, -0.2) is 29.8 Å². The highest BCUT2D eigenvalue weighted by Crippen LogP contribution is 2.27. The van der Waals surface area contributed by atoms with E-state index in [1.807, 2.05) is 73.7 Å². The third kappa shape index (κ3) is 6.18. The number of ether oxygens (including phenoxy) is 1. The molecule has 0 aliphatic rings. The Morgan fingerprint density at radius 3 is 2.19 bits per heavy atom. The van der Waals surface area contributed by atoms with Gasteiger partial charge in [0.2, 0.25) is 0 Å². The van der Waals surface area contributed by atoms with Gasteiger partial charge in [-0.3, -0.25) is 4.79 Å². The fourth-order valence-electron chi connectivity index (χ4n) is 3.35. The third-order valence-corrected chi connectivity index (χ3v) is 5.01. The van der Waals surface area contributed by atoms with Crippen LogP contribution >= 0.6 is 0 Å². The van der Waals surface area contributed by atoms with E-state index >= 15 is 0 Å². The molecule has 0 unspecified atom stereocenters. The minimum Gasteiger partial charge on any atom is -0.442 e. The van der Waals surface area contributed by atoms with E-state index < -0.39 is 12.2 Å². The summed E-state index contributed by atoms with van der Waals surface area (Å²) in [6.45, 7) is 3.86. The highest BCUT2D eigenvalue weighted by Gasteiger charge is 2.16. The van der Waals surface area contributed by atoms with Gasteiger partial charge in [0.15, 0.2) is 0 Å². The Kier molecular flexibility index (Phi) is 8.00. The molecule has 166 valence electrons. The summed E-state index contributed by atoms with van der Waals surface area (Å²) < 4.78 is 5.48. The lowest BCUT2D eigenvalue weighted by Crippen LogP contribution is -2.31. The fraction of sp³-hybridized carbons (Fsp3) is 0.231. The average Bonchev–Trinajstić information content (AvgIpc) is 2.82. The average molecular weight is 433 g/mol. The number of aliphatic hydroxyl groups is 1. The second kappa shape index (κ2) is 11.1. The molecule has 0 aromatic heterocycles. The van der Waals surface area contributed by atoms with Crippen molar-refractivity contribution >= 4 is 12.0 Å². The van der Waals surface area contributed by atoms with Gasteiger partial charge in [0, 0.05) is 18.7 Å². The number of amides is 2. The highest BCUT2D eigenvalue weighted by molar-refractivity contribution is 6.01. The molecule has 3 aromatic rings. The molecule has 6 heteroatoms. The Bertz CT molecular complexity index is 1050. The molecular weight excluding hydrogens is 404 g/mol. The van der Waals surface area contributed by atoms with Crippen molar-refractivity contribution in [1.82, 2.24) is 10.6 Å². The minimum absolute atomic E-state index is 0.168. The van der Waals surface area contributed by atoms with Gasteiger partial charge in [0.1, 0.15) is 6.10 Å². The van der Waals surface area contributed by atoms with Gasteiger partial charge in [0.05, 0.1) is 6.10 Å². The van der Waals surface area contributed by atoms with Gasteiger partial charge >= 0.3 is 6.09 Å². The van der Waals surface area contributed by atoms with Gasteiger partial charge in [-0.2, -0.15) is 0 Å². The van der Waals surface area contributed by atoms with E-state index in [9.17, 15) is 14.7 Å². The molecule has 0 aliphatic heterocycles. The maximum atomic E-state index is 12.7. The molecule has 32 heavy (non-hydrogen) atoms. The number of carbonyl (C=O) groups excluding carboxylic acids is 2. The molecule has 3 aromatic carbocycles. The molecule has 0 saturated carbocycles. The summed E-state index contributed by atoms with van der Waals surface area (Å²) >= 11 is 0. The normalized spacial score (nSPS) is 12.5. The topological polar surface area (TPSA) is 87.7 Å². The van der Waals surface area contributed by atoms with E-state index in [-0.39, 0.29) is 25.1 Å². The predicted molar refractivity (Wildman–Crippen MR) is 124 cm³/mol. The second-order valence-corrected chi connectivity index (χ2v) is 7.57. The molecular formula is C26H28N2O4. The number of benzene rings is 3. The number of rotatable bonds is 8. The lowest BCUT2D eigenvalue weighted by Gasteiger charge is -2.16. The van der Waals surface area contributed by atoms with Gasteiger partial charge in [-0.1, -0.05) is 72.8 Å². The summed E-state index contributed by atoms with van der Waals surface area (Å²) in [5, 5.41) is 15.0. The fourth-order valence-corrected chi connectivity index (χ4v) is 3.35. The van der Waals surface area contributed by atoms with Crippen molar-refractivity contribution in [3.8, 4) is 11.1 Å². The van der Waals surface area contributed by atoms with E-state index in [0.29, 0.717) is 5.56 Å². The molecule has 3 N–H and O–H groups in total. The monoisotopic (exact) mass is 432 g/mol. The number of hydrogen-bond acceptors (Lipinski definition) is 4. The number of alkyl carbamates (subject to hydrolysis) is 1. The standard InChI is InChI=1S/C26H28N2O4/c1-18(29)16-27-25(30)24-15-9-8-14-23(24)22-13-7-6-12-21(22)17-28-26(31)32-19(2)20-10-4-3-5-11-20/h3-15,18-19,29H,16-17H2,1-2H3,(H,27,30)(H,28,31)/t18-,19+/m1/s1. The maximum absolute atomic E-state index is 12.7. The van der Waals surface area contributed by atoms with E-state index in [1.54, 1.807) is 19.1 Å². The van der Waals surface area contributed by atoms with Crippen molar-refractivity contribution < 1.29 is 19.4 Å². The van der Waals surface area contributed by atoms with Crippen LogP contribution in [0.1, 0.15) is 41.4 Å². The summed E-state index contributed by atoms with van der Waals surface area (Å²) in [6, 6.07) is 24.4. The highest BCUT2D eigenvalue weighted by atomic mass is 16.6. The molecule has 2 amide bonds. The van der Waals surface area contributed by atoms with E-state index in [4.69, 9.17) is 4.74 Å². The third-order valence-electron chi connectivity index (χ3n) is 5.01. The van der Waals surface area contributed by atoms with Crippen molar-refractivity contribution in [3.63, 3.8) is 0 Å². The van der Waals surface area contributed by atoms with Crippen LogP contribution in [0.15, 0.2) is 78.9 Å². The second-order valence-electron chi connectivity index (χ2n) is 7.57. The van der Waals surface area contributed by atoms with E-state index in [2.05, 4.69) is 10.6 Å². The van der Waals surface area contributed by atoms with Gasteiger partial charge in [-0.25, -0.2) is 4.79 Å². The molecule has 0 fully saturated rings. The van der Waals surface area contributed by atoms with Crippen LogP contribution in [0, 0.1) is 0 Å². The molecule has 0 saturated heterocycles. The summed E-state index contributed by atoms with van der Waals surface area (Å²) in [4.78, 5) is 25.0. The van der Waals surface area contributed by atoms with Crippen LogP contribution in [0.3, 0.4) is 0 Å². The largest absolute Gasteiger partial charge is 0.442 e. The van der Waals surface area contributed by atoms with Crippen molar-refractivity contribution in [2.24, 2.45) is 0 Å². The predicted octanol–water partition coefficient (Wildman–Crippen LogP) is 4.45. The van der Waals surface area contributed by atoms with Crippen LogP contribution in [0.5, 0.6) is 0 Å². The Hall–Kier alpha value is -3.64. The van der Waals surface area contributed by atoms with E-state index in [1.165, 1.54) is 0 Å². The number of hydrogen-bond donors (Lipinski definition) is 3. The van der Waals surface area contributed by atoms with Crippen molar-refractivity contribution in [1.29, 1.82) is 0 Å². The van der Waals surface area contributed by atoms with Crippen molar-refractivity contribution in [3.05, 3.63) is 95.6 Å². The summed E-state index contributed by atoms with van der Waals surface area (Å²) in [6.07, 6.45) is -1.52. The Morgan fingerprint density at radius 2 is 1.47 bits per heavy atom. The molecule has 0 heterocycles. The van der Waals surface area contributed by atoms with Crippen LogP contribution in [0.2, 0.25) is 0 Å². The zero-order valence-electron chi connectivity index (χ0n) is 18.2. The zero-order chi connectivity index (χ0) is 22.9. The van der Waals surface area contributed by atoms with Crippen molar-refractivity contribution in [2.75, 3.05) is 6.54 Å². The summed E-state index contributed by atoms with van der Waals surface area (Å²) in [5.41, 5.74) is 3.86. The van der Waals surface area contributed by atoms with Gasteiger partial charge < -0.3 is 20.5 Å². The maximum Gasteiger partial charge on any atom is 0.408 e. The first-order valence-electron chi connectivity index (χ1n) is 10.6. The first-order chi connectivity index (χ1) is 15.5. The SMILES string of the molecule is C[C@H](OC(=O)NCc1ccccc1-c1ccccc1C(=O)NC[C@@H](C)O)c1ccccc1. The molecule has 6 nitrogen and oxygen atoms in total. The molecule has 0 aliphatic carbocycles. The van der Waals surface area contributed by atoms with Gasteiger partial charge in [-0.05, 0) is 42.2 Å². The van der Waals surface area contributed by atoms with Gasteiger partial charge in [-0.15, -0.1) is 0 Å². The van der Waals surface area contributed by atoms with Crippen LogP contribution in [-0.2, 0) is 11.3 Å². The first-order valence-corrected chi connectivity index (χ1v) is 10.6. The summed E-state index contributed by atoms with van der Waals surface area (Å²) in [7, 11) is 0. The molecule has 0 spiro atoms. The summed E-state index contributed by atoms with van der Waals surface area (Å²) in [5.74, 6) is -0.264. The Labute approximate surface area is 188 Å². The van der Waals surface area contributed by atoms with E-state index in [0.717, 1.165) is 22.3 Å². The lowest BCUT2D eigenvalue weighted by molar-refractivity contribution is 0.0924. The molecule has 3 rings (SSSR count). The van der Waals surface area contributed by atoms with Crippen LogP contribution in [0.25, 0.3) is 11.1 Å². The van der Waals surface area contributed by atoms with Crippen LogP contribution < -0.4 is 10.6 Å². The lowest BCUT2D eigenvalue weighted by atomic mass is 9.95. The number of carbonyl (C=O) groups is 2. The molecule has 2 atom stereocenters. The molecule has 0 bridgehead atoms. The van der Waals surface area contributed by atoms with Crippen LogP contribution in [0.4, 0.5) is 4.79 Å². The van der Waals surface area contributed by atoms with Crippen molar-refractivity contribution in [2.45, 2.75) is 32.6 Å². The Balaban J connectivity index is 1.73. The number of aliphatic hydroxyl groups excluding tert-OH is 1. The smallest absolute Gasteiger partial charge is 0.408 e.